The number of benzene rings is 9. The predicted molar refractivity (Wildman–Crippen MR) is 235 cm³/mol. The Morgan fingerprint density at radius 2 is 1.02 bits per heavy atom. The van der Waals surface area contributed by atoms with Gasteiger partial charge in [-0.15, -0.1) is 11.3 Å². The molecule has 11 aromatic rings. The Bertz CT molecular complexity index is 3190. The van der Waals surface area contributed by atoms with Crippen molar-refractivity contribution >= 4 is 81.3 Å². The molecule has 9 aromatic carbocycles. The quantitative estimate of drug-likeness (QED) is 0.170. The molecule has 258 valence electrons. The second kappa shape index (κ2) is 12.9. The summed E-state index contributed by atoms with van der Waals surface area (Å²) in [6.45, 7) is 0. The number of hydrogen-bond acceptors (Lipinski definition) is 3. The Labute approximate surface area is 322 Å². The van der Waals surface area contributed by atoms with Crippen LogP contribution in [0.25, 0.3) is 86.3 Å². The van der Waals surface area contributed by atoms with E-state index in [9.17, 15) is 0 Å². The Kier molecular flexibility index (Phi) is 7.39. The average molecular weight is 720 g/mol. The summed E-state index contributed by atoms with van der Waals surface area (Å²) < 4.78 is 9.37. The molecule has 2 heterocycles. The van der Waals surface area contributed by atoms with Gasteiger partial charge in [0, 0.05) is 42.2 Å². The van der Waals surface area contributed by atoms with Crippen LogP contribution in [-0.4, -0.2) is 0 Å². The normalized spacial score (nSPS) is 11.6. The highest BCUT2D eigenvalue weighted by atomic mass is 32.1. The van der Waals surface area contributed by atoms with Crippen LogP contribution < -0.4 is 4.90 Å². The molecule has 0 fully saturated rings. The van der Waals surface area contributed by atoms with Gasteiger partial charge < -0.3 is 9.32 Å². The molecular formula is C52H33NOS. The molecule has 2 aromatic heterocycles. The summed E-state index contributed by atoms with van der Waals surface area (Å²) in [6.07, 6.45) is 0. The maximum Gasteiger partial charge on any atom is 0.159 e. The Hall–Kier alpha value is -6.94. The first-order chi connectivity index (χ1) is 27.3. The minimum atomic E-state index is 0.859. The molecule has 2 nitrogen and oxygen atoms in total. The van der Waals surface area contributed by atoms with Gasteiger partial charge in [-0.05, 0) is 81.1 Å². The van der Waals surface area contributed by atoms with Crippen molar-refractivity contribution in [1.82, 2.24) is 0 Å². The molecule has 0 saturated carbocycles. The molecule has 0 spiro atoms. The highest BCUT2D eigenvalue weighted by Gasteiger charge is 2.24. The zero-order valence-electron chi connectivity index (χ0n) is 29.8. The first-order valence-electron chi connectivity index (χ1n) is 18.7. The van der Waals surface area contributed by atoms with Crippen molar-refractivity contribution in [2.24, 2.45) is 0 Å². The van der Waals surface area contributed by atoms with E-state index >= 15 is 0 Å². The van der Waals surface area contributed by atoms with Crippen molar-refractivity contribution < 1.29 is 4.42 Å². The van der Waals surface area contributed by atoms with Crippen LogP contribution in [0.1, 0.15) is 0 Å². The smallest absolute Gasteiger partial charge is 0.159 e. The van der Waals surface area contributed by atoms with E-state index in [-0.39, 0.29) is 0 Å². The van der Waals surface area contributed by atoms with E-state index in [0.29, 0.717) is 0 Å². The molecule has 3 heteroatoms. The number of anilines is 3. The summed E-state index contributed by atoms with van der Waals surface area (Å²) in [5.41, 5.74) is 11.9. The zero-order chi connectivity index (χ0) is 36.3. The van der Waals surface area contributed by atoms with Crippen LogP contribution in [0.15, 0.2) is 205 Å². The zero-order valence-corrected chi connectivity index (χ0v) is 30.6. The van der Waals surface area contributed by atoms with E-state index in [2.05, 4.69) is 199 Å². The summed E-state index contributed by atoms with van der Waals surface area (Å²) in [5.74, 6) is 0. The minimum absolute atomic E-state index is 0.859. The van der Waals surface area contributed by atoms with E-state index in [0.717, 1.165) is 50.1 Å². The average Bonchev–Trinajstić information content (AvgIpc) is 3.84. The summed E-state index contributed by atoms with van der Waals surface area (Å²) in [6, 6.07) is 72.1. The third-order valence-electron chi connectivity index (χ3n) is 10.9. The topological polar surface area (TPSA) is 16.4 Å². The first-order valence-corrected chi connectivity index (χ1v) is 19.5. The van der Waals surface area contributed by atoms with E-state index in [1.165, 1.54) is 53.2 Å². The number of rotatable bonds is 6. The standard InChI is InChI=1S/C52H33NOS/c1-3-14-34(15-4-1)39-22-12-24-44(49(39)36-16-5-2-6-17-36)53(45-25-13-23-42-41-19-7-9-26-46(41)54-52(42)45)38-31-28-35(29-32-38)40-21-11-18-37-30-33-48-51(50(37)40)43-20-8-10-27-47(43)55-48/h1-33H. The fourth-order valence-corrected chi connectivity index (χ4v) is 9.55. The lowest BCUT2D eigenvalue weighted by Gasteiger charge is -2.29. The van der Waals surface area contributed by atoms with Gasteiger partial charge in [-0.25, -0.2) is 0 Å². The lowest BCUT2D eigenvalue weighted by Crippen LogP contribution is -2.12. The number of fused-ring (bicyclic) bond motifs is 8. The van der Waals surface area contributed by atoms with Gasteiger partial charge in [0.2, 0.25) is 0 Å². The molecule has 0 radical (unpaired) electrons. The van der Waals surface area contributed by atoms with Crippen molar-refractivity contribution in [3.63, 3.8) is 0 Å². The highest BCUT2D eigenvalue weighted by Crippen LogP contribution is 2.49. The summed E-state index contributed by atoms with van der Waals surface area (Å²) >= 11 is 1.87. The summed E-state index contributed by atoms with van der Waals surface area (Å²) in [7, 11) is 0. The van der Waals surface area contributed by atoms with Crippen molar-refractivity contribution in [3.8, 4) is 33.4 Å². The van der Waals surface area contributed by atoms with Gasteiger partial charge >= 0.3 is 0 Å². The molecule has 0 aliphatic rings. The van der Waals surface area contributed by atoms with Gasteiger partial charge in [0.25, 0.3) is 0 Å². The van der Waals surface area contributed by atoms with E-state index < -0.39 is 0 Å². The Morgan fingerprint density at radius 3 is 1.85 bits per heavy atom. The lowest BCUT2D eigenvalue weighted by molar-refractivity contribution is 0.669. The van der Waals surface area contributed by atoms with Crippen LogP contribution in [0.2, 0.25) is 0 Å². The molecule has 0 amide bonds. The van der Waals surface area contributed by atoms with Crippen LogP contribution >= 0.6 is 11.3 Å². The SMILES string of the molecule is c1ccc(-c2cccc(N(c3ccc(-c4cccc5ccc6sc7ccccc7c6c45)cc3)c3cccc4c3oc3ccccc34)c2-c2ccccc2)cc1. The Balaban J connectivity index is 1.16. The number of furan rings is 1. The predicted octanol–water partition coefficient (Wildman–Crippen LogP) is 15.6. The molecule has 55 heavy (non-hydrogen) atoms. The summed E-state index contributed by atoms with van der Waals surface area (Å²) in [5, 5.41) is 7.41. The van der Waals surface area contributed by atoms with Gasteiger partial charge in [-0.2, -0.15) is 0 Å². The first kappa shape index (κ1) is 31.6. The Morgan fingerprint density at radius 1 is 0.382 bits per heavy atom. The van der Waals surface area contributed by atoms with Crippen LogP contribution in [0.4, 0.5) is 17.1 Å². The minimum Gasteiger partial charge on any atom is -0.454 e. The highest BCUT2D eigenvalue weighted by molar-refractivity contribution is 7.26. The second-order valence-corrected chi connectivity index (χ2v) is 15.1. The maximum absolute atomic E-state index is 6.74. The molecule has 0 aliphatic carbocycles. The van der Waals surface area contributed by atoms with Crippen molar-refractivity contribution in [1.29, 1.82) is 0 Å². The van der Waals surface area contributed by atoms with Gasteiger partial charge in [-0.1, -0.05) is 158 Å². The molecule has 0 saturated heterocycles. The maximum atomic E-state index is 6.74. The van der Waals surface area contributed by atoms with Gasteiger partial charge in [-0.3, -0.25) is 0 Å². The largest absolute Gasteiger partial charge is 0.454 e. The van der Waals surface area contributed by atoms with Crippen molar-refractivity contribution in [3.05, 3.63) is 200 Å². The second-order valence-electron chi connectivity index (χ2n) is 14.0. The van der Waals surface area contributed by atoms with Crippen LogP contribution in [0.5, 0.6) is 0 Å². The monoisotopic (exact) mass is 719 g/mol. The van der Waals surface area contributed by atoms with Crippen molar-refractivity contribution in [2.45, 2.75) is 0 Å². The molecular weight excluding hydrogens is 687 g/mol. The molecule has 0 N–H and O–H groups in total. The molecule has 11 rings (SSSR count). The van der Waals surface area contributed by atoms with E-state index in [1.54, 1.807) is 0 Å². The number of nitrogens with zero attached hydrogens (tertiary/aromatic N) is 1. The number of para-hydroxylation sites is 2. The van der Waals surface area contributed by atoms with Crippen LogP contribution in [0.3, 0.4) is 0 Å². The third-order valence-corrected chi connectivity index (χ3v) is 12.0. The molecule has 0 atom stereocenters. The number of thiophene rings is 1. The fraction of sp³-hybridized carbons (Fsp3) is 0. The fourth-order valence-electron chi connectivity index (χ4n) is 8.43. The number of hydrogen-bond donors (Lipinski definition) is 0. The van der Waals surface area contributed by atoms with Crippen molar-refractivity contribution in [2.75, 3.05) is 4.90 Å². The third kappa shape index (κ3) is 5.16. The van der Waals surface area contributed by atoms with Crippen LogP contribution in [-0.2, 0) is 0 Å². The summed E-state index contributed by atoms with van der Waals surface area (Å²) in [4.78, 5) is 2.39. The van der Waals surface area contributed by atoms with Crippen LogP contribution in [0, 0.1) is 0 Å². The molecule has 0 aliphatic heterocycles. The van der Waals surface area contributed by atoms with Gasteiger partial charge in [0.05, 0.1) is 11.4 Å². The van der Waals surface area contributed by atoms with E-state index in [4.69, 9.17) is 4.42 Å². The van der Waals surface area contributed by atoms with E-state index in [1.807, 2.05) is 17.4 Å². The van der Waals surface area contributed by atoms with Gasteiger partial charge in [0.15, 0.2) is 5.58 Å². The van der Waals surface area contributed by atoms with Gasteiger partial charge in [0.1, 0.15) is 5.58 Å². The molecule has 0 bridgehead atoms. The lowest BCUT2D eigenvalue weighted by atomic mass is 9.91. The molecule has 0 unspecified atom stereocenters.